The zero-order chi connectivity index (χ0) is 22.9. The van der Waals surface area contributed by atoms with E-state index in [0.29, 0.717) is 6.42 Å². The van der Waals surface area contributed by atoms with E-state index in [1.807, 2.05) is 17.9 Å². The van der Waals surface area contributed by atoms with Crippen LogP contribution in [0.5, 0.6) is 0 Å². The Morgan fingerprint density at radius 1 is 1.20 bits per heavy atom. The number of rotatable bonds is 1. The number of carbonyl (C=O) groups excluding carboxylic acids is 2. The van der Waals surface area contributed by atoms with Crippen LogP contribution in [0.2, 0.25) is 0 Å². The van der Waals surface area contributed by atoms with Crippen LogP contribution in [0.3, 0.4) is 0 Å². The summed E-state index contributed by atoms with van der Waals surface area (Å²) in [6.07, 6.45) is 0.427. The number of cyclic esters (lactones) is 1. The first-order valence-electron chi connectivity index (χ1n) is 10.9. The van der Waals surface area contributed by atoms with Crippen molar-refractivity contribution in [2.45, 2.75) is 104 Å². The van der Waals surface area contributed by atoms with E-state index >= 15 is 0 Å². The topological polar surface area (TPSA) is 96.4 Å². The Balaban J connectivity index is 2.26. The van der Waals surface area contributed by atoms with Crippen LogP contribution in [0.4, 0.5) is 0 Å². The number of Topliss-reactive ketones (excluding diaryl/α,β-unsaturated/α-hetero) is 1. The van der Waals surface area contributed by atoms with Gasteiger partial charge in [-0.25, -0.2) is 0 Å². The maximum Gasteiger partial charge on any atom is 0.309 e. The van der Waals surface area contributed by atoms with Crippen LogP contribution in [0.15, 0.2) is 9.66 Å². The van der Waals surface area contributed by atoms with Crippen LogP contribution < -0.4 is 0 Å². The van der Waals surface area contributed by atoms with Gasteiger partial charge in [0.15, 0.2) is 0 Å². The van der Waals surface area contributed by atoms with Crippen molar-refractivity contribution in [1.82, 2.24) is 0 Å². The standard InChI is InChI=1S/C23H37IO6/c1-13-8-7-9-23(6)18(30-23)10-16(14(2)12-24)29-19(26)11-17(25)22(4,5)21(28)15(3)20(13)27/h12-13,15-18,20,25,27H,7-11H2,1-6H3/b14-12+/t13-,15+,16-,17-,18-,20-,23+/m0/s1. The molecule has 0 spiro atoms. The highest BCUT2D eigenvalue weighted by Crippen LogP contribution is 2.45. The fourth-order valence-electron chi connectivity index (χ4n) is 4.36. The molecule has 30 heavy (non-hydrogen) atoms. The van der Waals surface area contributed by atoms with Gasteiger partial charge in [0.25, 0.3) is 0 Å². The quantitative estimate of drug-likeness (QED) is 0.300. The Bertz CT molecular complexity index is 675. The molecule has 0 radical (unpaired) electrons. The number of esters is 1. The molecule has 6 nitrogen and oxygen atoms in total. The maximum absolute atomic E-state index is 13.1. The smallest absolute Gasteiger partial charge is 0.309 e. The van der Waals surface area contributed by atoms with Gasteiger partial charge in [0, 0.05) is 12.3 Å². The van der Waals surface area contributed by atoms with E-state index in [0.717, 1.165) is 24.8 Å². The Hall–Kier alpha value is -0.510. The third kappa shape index (κ3) is 5.84. The van der Waals surface area contributed by atoms with Crippen LogP contribution in [0, 0.1) is 17.3 Å². The molecule has 0 aromatic heterocycles. The minimum atomic E-state index is -1.19. The maximum atomic E-state index is 13.1. The summed E-state index contributed by atoms with van der Waals surface area (Å²) in [6, 6.07) is 0. The molecule has 0 bridgehead atoms. The third-order valence-electron chi connectivity index (χ3n) is 7.09. The fraction of sp³-hybridized carbons (Fsp3) is 0.826. The van der Waals surface area contributed by atoms with Crippen LogP contribution in [-0.4, -0.2) is 52.0 Å². The zero-order valence-corrected chi connectivity index (χ0v) is 21.1. The van der Waals surface area contributed by atoms with Gasteiger partial charge in [0.05, 0.1) is 35.7 Å². The van der Waals surface area contributed by atoms with E-state index in [4.69, 9.17) is 9.47 Å². The predicted octanol–water partition coefficient (Wildman–Crippen LogP) is 3.95. The van der Waals surface area contributed by atoms with Crippen LogP contribution in [0.25, 0.3) is 0 Å². The molecular weight excluding hydrogens is 499 g/mol. The van der Waals surface area contributed by atoms with Crippen molar-refractivity contribution in [1.29, 1.82) is 0 Å². The summed E-state index contributed by atoms with van der Waals surface area (Å²) in [5, 5.41) is 21.4. The Morgan fingerprint density at radius 2 is 1.83 bits per heavy atom. The molecule has 0 amide bonds. The molecule has 0 aromatic rings. The molecule has 7 heteroatoms. The zero-order valence-electron chi connectivity index (χ0n) is 19.0. The monoisotopic (exact) mass is 536 g/mol. The van der Waals surface area contributed by atoms with Gasteiger partial charge in [0.2, 0.25) is 0 Å². The number of carbonyl (C=O) groups is 2. The summed E-state index contributed by atoms with van der Waals surface area (Å²) in [5.74, 6) is -1.47. The first kappa shape index (κ1) is 25.7. The number of hydrogen-bond donors (Lipinski definition) is 2. The average Bonchev–Trinajstić information content (AvgIpc) is 3.32. The van der Waals surface area contributed by atoms with Gasteiger partial charge in [-0.05, 0) is 42.3 Å². The number of hydrogen-bond acceptors (Lipinski definition) is 6. The van der Waals surface area contributed by atoms with Gasteiger partial charge in [-0.2, -0.15) is 0 Å². The molecule has 2 rings (SSSR count). The molecule has 172 valence electrons. The highest BCUT2D eigenvalue weighted by Gasteiger charge is 2.53. The van der Waals surface area contributed by atoms with E-state index in [9.17, 15) is 19.8 Å². The summed E-state index contributed by atoms with van der Waals surface area (Å²) < 4.78 is 13.5. The van der Waals surface area contributed by atoms with Gasteiger partial charge in [-0.1, -0.05) is 56.7 Å². The van der Waals surface area contributed by atoms with Gasteiger partial charge in [-0.3, -0.25) is 9.59 Å². The van der Waals surface area contributed by atoms with E-state index in [-0.39, 0.29) is 29.8 Å². The van der Waals surface area contributed by atoms with Gasteiger partial charge < -0.3 is 19.7 Å². The lowest BCUT2D eigenvalue weighted by atomic mass is 9.73. The Morgan fingerprint density at radius 3 is 2.43 bits per heavy atom. The molecule has 2 saturated heterocycles. The first-order chi connectivity index (χ1) is 13.8. The second-order valence-corrected chi connectivity index (χ2v) is 10.6. The van der Waals surface area contributed by atoms with E-state index in [2.05, 4.69) is 29.5 Å². The SMILES string of the molecule is C/C(=C\I)[C@@H]1C[C@@H]2O[C@]2(C)CCC[C@H](C)[C@H](O)[C@@H](C)C(=O)C(C)(C)[C@@H](O)CC(=O)O1. The Kier molecular flexibility index (Phi) is 8.55. The van der Waals surface area contributed by atoms with Crippen LogP contribution in [-0.2, 0) is 19.1 Å². The van der Waals surface area contributed by atoms with E-state index in [1.165, 1.54) is 0 Å². The molecule has 2 aliphatic heterocycles. The molecule has 2 N–H and O–H groups in total. The molecule has 0 aliphatic carbocycles. The van der Waals surface area contributed by atoms with Crippen molar-refractivity contribution in [2.75, 3.05) is 0 Å². The molecule has 0 aromatic carbocycles. The predicted molar refractivity (Wildman–Crippen MR) is 123 cm³/mol. The van der Waals surface area contributed by atoms with Crippen LogP contribution >= 0.6 is 22.6 Å². The molecule has 2 aliphatic rings. The van der Waals surface area contributed by atoms with Crippen molar-refractivity contribution in [3.05, 3.63) is 9.66 Å². The average molecular weight is 536 g/mol. The van der Waals surface area contributed by atoms with Gasteiger partial charge in [0.1, 0.15) is 11.9 Å². The first-order valence-corrected chi connectivity index (χ1v) is 12.1. The number of ketones is 1. The van der Waals surface area contributed by atoms with Crippen molar-refractivity contribution >= 4 is 34.3 Å². The number of ether oxygens (including phenoxy) is 2. The lowest BCUT2D eigenvalue weighted by Gasteiger charge is -2.34. The molecular formula is C23H37IO6. The van der Waals surface area contributed by atoms with Gasteiger partial charge >= 0.3 is 5.97 Å². The number of fused-ring (bicyclic) bond motifs is 1. The lowest BCUT2D eigenvalue weighted by Crippen LogP contribution is -2.45. The molecule has 0 unspecified atom stereocenters. The third-order valence-corrected chi connectivity index (χ3v) is 8.07. The minimum Gasteiger partial charge on any atom is -0.458 e. The second kappa shape index (κ2) is 9.96. The van der Waals surface area contributed by atoms with Crippen molar-refractivity contribution in [3.8, 4) is 0 Å². The number of halogens is 1. The number of aliphatic hydroxyl groups excluding tert-OH is 2. The minimum absolute atomic E-state index is 0.0107. The summed E-state index contributed by atoms with van der Waals surface area (Å²) in [5.41, 5.74) is -0.489. The van der Waals surface area contributed by atoms with Crippen molar-refractivity contribution in [3.63, 3.8) is 0 Å². The van der Waals surface area contributed by atoms with Crippen molar-refractivity contribution < 1.29 is 29.3 Å². The van der Waals surface area contributed by atoms with E-state index in [1.54, 1.807) is 20.8 Å². The largest absolute Gasteiger partial charge is 0.458 e. The van der Waals surface area contributed by atoms with E-state index < -0.39 is 35.6 Å². The highest BCUT2D eigenvalue weighted by atomic mass is 127. The molecule has 7 atom stereocenters. The molecule has 2 fully saturated rings. The Labute approximate surface area is 193 Å². The van der Waals surface area contributed by atoms with Crippen molar-refractivity contribution in [2.24, 2.45) is 17.3 Å². The lowest BCUT2D eigenvalue weighted by molar-refractivity contribution is -0.154. The second-order valence-electron chi connectivity index (χ2n) is 9.94. The highest BCUT2D eigenvalue weighted by molar-refractivity contribution is 14.1. The molecule has 2 heterocycles. The number of aliphatic hydroxyl groups is 2. The number of epoxide rings is 1. The normalized spacial score (nSPS) is 41.7. The van der Waals surface area contributed by atoms with Gasteiger partial charge in [-0.15, -0.1) is 0 Å². The fourth-order valence-corrected chi connectivity index (χ4v) is 4.77. The molecule has 0 saturated carbocycles. The summed E-state index contributed by atoms with van der Waals surface area (Å²) in [7, 11) is 0. The summed E-state index contributed by atoms with van der Waals surface area (Å²) >= 11 is 2.13. The summed E-state index contributed by atoms with van der Waals surface area (Å²) in [4.78, 5) is 25.7. The van der Waals surface area contributed by atoms with Crippen LogP contribution in [0.1, 0.15) is 73.6 Å². The summed E-state index contributed by atoms with van der Waals surface area (Å²) in [6.45, 7) is 10.9.